The molecule has 2 amide bonds. The molecular formula is C21H27N3O4S. The van der Waals surface area contributed by atoms with Crippen LogP contribution in [0.3, 0.4) is 0 Å². The maximum atomic E-state index is 12.0. The van der Waals surface area contributed by atoms with Crippen molar-refractivity contribution in [3.8, 4) is 5.75 Å². The molecule has 0 radical (unpaired) electrons. The summed E-state index contributed by atoms with van der Waals surface area (Å²) in [7, 11) is 3.52. The molecule has 0 aliphatic carbocycles. The summed E-state index contributed by atoms with van der Waals surface area (Å²) in [4.78, 5) is 36.6. The molecule has 1 aliphatic rings. The van der Waals surface area contributed by atoms with Crippen LogP contribution in [0.25, 0.3) is 0 Å². The normalized spacial score (nSPS) is 14.0. The van der Waals surface area contributed by atoms with Crippen LogP contribution < -0.4 is 15.4 Å². The predicted octanol–water partition coefficient (Wildman–Crippen LogP) is 1.54. The zero-order valence-corrected chi connectivity index (χ0v) is 17.5. The molecule has 29 heavy (non-hydrogen) atoms. The van der Waals surface area contributed by atoms with Gasteiger partial charge in [0.05, 0.1) is 18.2 Å². The second kappa shape index (κ2) is 12.0. The van der Waals surface area contributed by atoms with Gasteiger partial charge in [-0.2, -0.15) is 0 Å². The lowest BCUT2D eigenvalue weighted by atomic mass is 10.1. The van der Waals surface area contributed by atoms with Gasteiger partial charge in [-0.05, 0) is 30.2 Å². The Kier molecular flexibility index (Phi) is 9.30. The molecule has 7 nitrogen and oxygen atoms in total. The molecule has 0 aromatic heterocycles. The topological polar surface area (TPSA) is 87.7 Å². The molecule has 1 atom stereocenters. The summed E-state index contributed by atoms with van der Waals surface area (Å²) in [6.07, 6.45) is 6.76. The highest BCUT2D eigenvalue weighted by molar-refractivity contribution is 8.13. The quantitative estimate of drug-likeness (QED) is 0.420. The van der Waals surface area contributed by atoms with Crippen molar-refractivity contribution < 1.29 is 19.1 Å². The Labute approximate surface area is 175 Å². The number of amides is 2. The van der Waals surface area contributed by atoms with Crippen molar-refractivity contribution in [1.82, 2.24) is 15.5 Å². The van der Waals surface area contributed by atoms with Gasteiger partial charge in [0, 0.05) is 26.3 Å². The Morgan fingerprint density at radius 2 is 2.07 bits per heavy atom. The molecule has 2 rings (SSSR count). The standard InChI is InChI=1S/C21H27N3O4S/c1-22-21(27)19(29-15-25)13-16-6-8-18(9-7-16)28-12-10-23-20(26)14-17-5-3-4-11-24(17)2/h3-9,15,19H,10-14H2,1-2H3,(H,22,27)(H,23,26). The largest absolute Gasteiger partial charge is 0.492 e. The molecular weight excluding hydrogens is 390 g/mol. The third-order valence-electron chi connectivity index (χ3n) is 4.43. The van der Waals surface area contributed by atoms with Crippen LogP contribution in [0, 0.1) is 0 Å². The lowest BCUT2D eigenvalue weighted by Crippen LogP contribution is -2.31. The maximum Gasteiger partial charge on any atom is 0.233 e. The first-order valence-electron chi connectivity index (χ1n) is 9.39. The van der Waals surface area contributed by atoms with E-state index in [0.717, 1.165) is 29.6 Å². The van der Waals surface area contributed by atoms with Crippen molar-refractivity contribution >= 4 is 29.2 Å². The molecule has 0 bridgehead atoms. The SMILES string of the molecule is CNC(=O)C(Cc1ccc(OCCNC(=O)CC2=CC=CCN2C)cc1)SC=O. The van der Waals surface area contributed by atoms with E-state index in [1.54, 1.807) is 7.05 Å². The first-order chi connectivity index (χ1) is 14.0. The minimum atomic E-state index is -0.451. The lowest BCUT2D eigenvalue weighted by Gasteiger charge is -2.23. The summed E-state index contributed by atoms with van der Waals surface area (Å²) < 4.78 is 5.65. The Hall–Kier alpha value is -2.74. The smallest absolute Gasteiger partial charge is 0.233 e. The van der Waals surface area contributed by atoms with E-state index in [-0.39, 0.29) is 11.8 Å². The maximum absolute atomic E-state index is 12.0. The minimum Gasteiger partial charge on any atom is -0.492 e. The molecule has 1 unspecified atom stereocenters. The Balaban J connectivity index is 1.72. The van der Waals surface area contributed by atoms with Gasteiger partial charge in [0.25, 0.3) is 0 Å². The van der Waals surface area contributed by atoms with Crippen LogP contribution in [-0.2, 0) is 20.8 Å². The summed E-state index contributed by atoms with van der Waals surface area (Å²) in [5, 5.41) is 4.97. The number of carbonyl (C=O) groups is 3. The van der Waals surface area contributed by atoms with Gasteiger partial charge in [0.1, 0.15) is 12.4 Å². The Morgan fingerprint density at radius 1 is 1.31 bits per heavy atom. The molecule has 8 heteroatoms. The molecule has 1 heterocycles. The van der Waals surface area contributed by atoms with Gasteiger partial charge in [0.2, 0.25) is 11.8 Å². The average Bonchev–Trinajstić information content (AvgIpc) is 2.73. The van der Waals surface area contributed by atoms with Gasteiger partial charge >= 0.3 is 0 Å². The fraction of sp³-hybridized carbons (Fsp3) is 0.381. The highest BCUT2D eigenvalue weighted by Gasteiger charge is 2.18. The summed E-state index contributed by atoms with van der Waals surface area (Å²) in [6.45, 7) is 1.60. The third-order valence-corrected chi connectivity index (χ3v) is 5.25. The van der Waals surface area contributed by atoms with E-state index in [2.05, 4.69) is 10.6 Å². The molecule has 1 aliphatic heterocycles. The highest BCUT2D eigenvalue weighted by Crippen LogP contribution is 2.18. The van der Waals surface area contributed by atoms with E-state index in [0.29, 0.717) is 37.4 Å². The van der Waals surface area contributed by atoms with E-state index in [1.165, 1.54) is 0 Å². The number of rotatable bonds is 11. The van der Waals surface area contributed by atoms with Gasteiger partial charge in [0.15, 0.2) is 5.62 Å². The molecule has 0 spiro atoms. The zero-order valence-electron chi connectivity index (χ0n) is 16.7. The second-order valence-corrected chi connectivity index (χ2v) is 7.56. The van der Waals surface area contributed by atoms with Crippen molar-refractivity contribution in [2.24, 2.45) is 0 Å². The number of hydrogen-bond donors (Lipinski definition) is 2. The number of nitrogens with one attached hydrogen (secondary N) is 2. The number of benzene rings is 1. The van der Waals surface area contributed by atoms with Crippen LogP contribution in [0.1, 0.15) is 12.0 Å². The number of likely N-dealkylation sites (N-methyl/N-ethyl adjacent to an activating group) is 1. The average molecular weight is 418 g/mol. The monoisotopic (exact) mass is 417 g/mol. The van der Waals surface area contributed by atoms with E-state index in [1.807, 2.05) is 54.4 Å². The van der Waals surface area contributed by atoms with Gasteiger partial charge in [-0.3, -0.25) is 14.4 Å². The fourth-order valence-corrected chi connectivity index (χ4v) is 3.45. The number of carbonyl (C=O) groups excluding carboxylic acids is 3. The number of ether oxygens (including phenoxy) is 1. The van der Waals surface area contributed by atoms with Crippen LogP contribution in [0.4, 0.5) is 0 Å². The van der Waals surface area contributed by atoms with Crippen molar-refractivity contribution in [2.45, 2.75) is 18.1 Å². The molecule has 0 saturated carbocycles. The van der Waals surface area contributed by atoms with Crippen molar-refractivity contribution in [2.75, 3.05) is 33.8 Å². The first kappa shape index (κ1) is 22.5. The van der Waals surface area contributed by atoms with Crippen LogP contribution >= 0.6 is 11.8 Å². The first-order valence-corrected chi connectivity index (χ1v) is 10.3. The van der Waals surface area contributed by atoms with Crippen molar-refractivity contribution in [3.05, 3.63) is 53.8 Å². The molecule has 0 fully saturated rings. The van der Waals surface area contributed by atoms with Crippen molar-refractivity contribution in [3.63, 3.8) is 0 Å². The number of allylic oxidation sites excluding steroid dienone is 2. The molecule has 2 N–H and O–H groups in total. The van der Waals surface area contributed by atoms with Crippen LogP contribution in [0.15, 0.2) is 48.2 Å². The number of nitrogens with zero attached hydrogens (tertiary/aromatic N) is 1. The lowest BCUT2D eigenvalue weighted by molar-refractivity contribution is -0.121. The van der Waals surface area contributed by atoms with Crippen LogP contribution in [0.2, 0.25) is 0 Å². The predicted molar refractivity (Wildman–Crippen MR) is 115 cm³/mol. The summed E-state index contributed by atoms with van der Waals surface area (Å²) in [6, 6.07) is 7.37. The summed E-state index contributed by atoms with van der Waals surface area (Å²) in [5.74, 6) is 0.469. The molecule has 0 saturated heterocycles. The minimum absolute atomic E-state index is 0.0368. The van der Waals surface area contributed by atoms with E-state index in [4.69, 9.17) is 4.74 Å². The number of thioether (sulfide) groups is 1. The fourth-order valence-electron chi connectivity index (χ4n) is 2.79. The van der Waals surface area contributed by atoms with Crippen LogP contribution in [0.5, 0.6) is 5.75 Å². The Bertz CT molecular complexity index is 762. The van der Waals surface area contributed by atoms with Crippen molar-refractivity contribution in [1.29, 1.82) is 0 Å². The molecule has 1 aromatic carbocycles. The van der Waals surface area contributed by atoms with Gasteiger partial charge in [-0.1, -0.05) is 36.0 Å². The van der Waals surface area contributed by atoms with Gasteiger partial charge in [-0.15, -0.1) is 0 Å². The number of hydrogen-bond acceptors (Lipinski definition) is 6. The van der Waals surface area contributed by atoms with E-state index >= 15 is 0 Å². The van der Waals surface area contributed by atoms with E-state index < -0.39 is 5.25 Å². The Morgan fingerprint density at radius 3 is 2.72 bits per heavy atom. The second-order valence-electron chi connectivity index (χ2n) is 6.53. The summed E-state index contributed by atoms with van der Waals surface area (Å²) in [5.41, 5.74) is 2.61. The third kappa shape index (κ3) is 7.65. The highest BCUT2D eigenvalue weighted by atomic mass is 32.2. The van der Waals surface area contributed by atoms with E-state index in [9.17, 15) is 14.4 Å². The van der Waals surface area contributed by atoms with Crippen LogP contribution in [-0.4, -0.2) is 61.4 Å². The molecule has 156 valence electrons. The summed E-state index contributed by atoms with van der Waals surface area (Å²) >= 11 is 0.965. The van der Waals surface area contributed by atoms with Gasteiger partial charge < -0.3 is 20.3 Å². The zero-order chi connectivity index (χ0) is 21.1. The van der Waals surface area contributed by atoms with Gasteiger partial charge in [-0.25, -0.2) is 0 Å². The molecule has 1 aromatic rings.